The minimum Gasteiger partial charge on any atom is -0.480 e. The van der Waals surface area contributed by atoms with Gasteiger partial charge in [0.2, 0.25) is 0 Å². The predicted molar refractivity (Wildman–Crippen MR) is 83.3 cm³/mol. The summed E-state index contributed by atoms with van der Waals surface area (Å²) in [6.45, 7) is 2.16. The van der Waals surface area contributed by atoms with E-state index in [-0.39, 0.29) is 18.2 Å². The zero-order chi connectivity index (χ0) is 15.5. The van der Waals surface area contributed by atoms with Crippen LogP contribution in [0.2, 0.25) is 0 Å². The van der Waals surface area contributed by atoms with Crippen molar-refractivity contribution in [1.29, 1.82) is 0 Å². The van der Waals surface area contributed by atoms with E-state index in [1.54, 1.807) is 42.5 Å². The zero-order valence-electron chi connectivity index (χ0n) is 12.2. The van der Waals surface area contributed by atoms with Crippen LogP contribution >= 0.6 is 0 Å². The topological polar surface area (TPSA) is 43.4 Å². The van der Waals surface area contributed by atoms with Gasteiger partial charge >= 0.3 is 0 Å². The Morgan fingerprint density at radius 2 is 1.55 bits per heavy atom. The van der Waals surface area contributed by atoms with Gasteiger partial charge in [-0.3, -0.25) is 9.59 Å². The van der Waals surface area contributed by atoms with Crippen molar-refractivity contribution in [2.75, 3.05) is 6.61 Å². The number of benzene rings is 2. The first-order chi connectivity index (χ1) is 10.7. The van der Waals surface area contributed by atoms with Crippen LogP contribution in [0.4, 0.5) is 0 Å². The highest BCUT2D eigenvalue weighted by Crippen LogP contribution is 2.32. The highest BCUT2D eigenvalue weighted by atomic mass is 16.5. The van der Waals surface area contributed by atoms with Gasteiger partial charge in [0.05, 0.1) is 5.56 Å². The number of rotatable bonds is 2. The van der Waals surface area contributed by atoms with Crippen molar-refractivity contribution in [3.8, 4) is 17.6 Å². The molecule has 0 amide bonds. The minimum absolute atomic E-state index is 0.143. The van der Waals surface area contributed by atoms with E-state index in [9.17, 15) is 9.59 Å². The number of carbonyl (C=O) groups is 2. The van der Waals surface area contributed by atoms with Crippen LogP contribution in [0, 0.1) is 11.8 Å². The second kappa shape index (κ2) is 5.87. The van der Waals surface area contributed by atoms with Gasteiger partial charge in [-0.2, -0.15) is 0 Å². The molecule has 0 radical (unpaired) electrons. The first-order valence-corrected chi connectivity index (χ1v) is 7.14. The van der Waals surface area contributed by atoms with Gasteiger partial charge in [-0.15, -0.1) is 5.92 Å². The average Bonchev–Trinajstić information content (AvgIpc) is 2.56. The quantitative estimate of drug-likeness (QED) is 0.680. The monoisotopic (exact) mass is 290 g/mol. The van der Waals surface area contributed by atoms with E-state index in [4.69, 9.17) is 4.74 Å². The molecule has 0 saturated carbocycles. The minimum atomic E-state index is -0.177. The summed E-state index contributed by atoms with van der Waals surface area (Å²) in [6, 6.07) is 12.0. The lowest BCUT2D eigenvalue weighted by Crippen LogP contribution is -2.21. The van der Waals surface area contributed by atoms with Crippen molar-refractivity contribution in [3.05, 3.63) is 64.7 Å². The SMILES string of the molecule is CCC#CCOc1cccc2c1C(=O)c1ccccc1C2=O. The molecule has 2 aromatic carbocycles. The molecule has 0 aromatic heterocycles. The number of fused-ring (bicyclic) bond motifs is 2. The Kier molecular flexibility index (Phi) is 3.76. The Labute approximate surface area is 128 Å². The van der Waals surface area contributed by atoms with E-state index in [1.807, 2.05) is 6.92 Å². The maximum Gasteiger partial charge on any atom is 0.198 e. The molecule has 2 aromatic rings. The molecule has 3 nitrogen and oxygen atoms in total. The largest absolute Gasteiger partial charge is 0.480 e. The van der Waals surface area contributed by atoms with Crippen molar-refractivity contribution in [3.63, 3.8) is 0 Å². The van der Waals surface area contributed by atoms with Crippen LogP contribution in [-0.4, -0.2) is 18.2 Å². The molecule has 3 heteroatoms. The van der Waals surface area contributed by atoms with Crippen LogP contribution in [0.25, 0.3) is 0 Å². The third-order valence-corrected chi connectivity index (χ3v) is 3.52. The standard InChI is InChI=1S/C19H14O3/c1-2-3-6-12-22-16-11-7-10-15-17(16)19(21)14-9-5-4-8-13(14)18(15)20/h4-5,7-11H,2,12H2,1H3. The molecule has 1 aliphatic carbocycles. The molecule has 0 atom stereocenters. The zero-order valence-corrected chi connectivity index (χ0v) is 12.2. The molecule has 0 fully saturated rings. The van der Waals surface area contributed by atoms with E-state index in [1.165, 1.54) is 0 Å². The molecule has 108 valence electrons. The first kappa shape index (κ1) is 14.1. The van der Waals surface area contributed by atoms with Crippen LogP contribution in [0.5, 0.6) is 5.75 Å². The van der Waals surface area contributed by atoms with E-state index >= 15 is 0 Å². The Bertz CT molecular complexity index is 822. The number of hydrogen-bond acceptors (Lipinski definition) is 3. The van der Waals surface area contributed by atoms with E-state index in [2.05, 4.69) is 11.8 Å². The summed E-state index contributed by atoms with van der Waals surface area (Å²) in [6.07, 6.45) is 0.751. The third-order valence-electron chi connectivity index (χ3n) is 3.52. The maximum atomic E-state index is 12.7. The Hall–Kier alpha value is -2.86. The molecule has 22 heavy (non-hydrogen) atoms. The van der Waals surface area contributed by atoms with Crippen molar-refractivity contribution in [2.45, 2.75) is 13.3 Å². The summed E-state index contributed by atoms with van der Waals surface area (Å²) in [4.78, 5) is 25.2. The molecule has 0 bridgehead atoms. The Morgan fingerprint density at radius 3 is 2.27 bits per heavy atom. The molecule has 1 aliphatic rings. The van der Waals surface area contributed by atoms with Crippen molar-refractivity contribution >= 4 is 11.6 Å². The van der Waals surface area contributed by atoms with Crippen LogP contribution < -0.4 is 4.74 Å². The predicted octanol–water partition coefficient (Wildman–Crippen LogP) is 3.25. The molecule has 0 aliphatic heterocycles. The highest BCUT2D eigenvalue weighted by Gasteiger charge is 2.31. The van der Waals surface area contributed by atoms with E-state index in [0.717, 1.165) is 6.42 Å². The van der Waals surface area contributed by atoms with Crippen molar-refractivity contribution in [2.24, 2.45) is 0 Å². The molecule has 0 heterocycles. The molecular weight excluding hydrogens is 276 g/mol. The third kappa shape index (κ3) is 2.29. The van der Waals surface area contributed by atoms with E-state index < -0.39 is 0 Å². The molecule has 0 saturated heterocycles. The maximum absolute atomic E-state index is 12.7. The van der Waals surface area contributed by atoms with Gasteiger partial charge in [0.15, 0.2) is 11.6 Å². The molecule has 0 unspecified atom stereocenters. The van der Waals surface area contributed by atoms with Crippen LogP contribution in [0.1, 0.15) is 45.2 Å². The van der Waals surface area contributed by atoms with Crippen molar-refractivity contribution in [1.82, 2.24) is 0 Å². The normalized spacial score (nSPS) is 12.0. The van der Waals surface area contributed by atoms with Crippen molar-refractivity contribution < 1.29 is 14.3 Å². The molecule has 0 N–H and O–H groups in total. The number of ether oxygens (including phenoxy) is 1. The second-order valence-corrected chi connectivity index (χ2v) is 4.88. The number of ketones is 2. The Balaban J connectivity index is 2.05. The summed E-state index contributed by atoms with van der Waals surface area (Å²) in [5.41, 5.74) is 1.60. The van der Waals surface area contributed by atoms with Crippen LogP contribution in [0.15, 0.2) is 42.5 Å². The van der Waals surface area contributed by atoms with Gasteiger partial charge in [0.25, 0.3) is 0 Å². The molecule has 0 spiro atoms. The molecular formula is C19H14O3. The second-order valence-electron chi connectivity index (χ2n) is 4.88. The summed E-state index contributed by atoms with van der Waals surface area (Å²) in [7, 11) is 0. The van der Waals surface area contributed by atoms with Gasteiger partial charge in [-0.1, -0.05) is 49.2 Å². The van der Waals surface area contributed by atoms with Gasteiger partial charge in [-0.25, -0.2) is 0 Å². The first-order valence-electron chi connectivity index (χ1n) is 7.14. The lowest BCUT2D eigenvalue weighted by atomic mass is 9.83. The number of hydrogen-bond donors (Lipinski definition) is 0. The van der Waals surface area contributed by atoms with Crippen LogP contribution in [0.3, 0.4) is 0 Å². The van der Waals surface area contributed by atoms with Gasteiger partial charge in [-0.05, 0) is 6.07 Å². The van der Waals surface area contributed by atoms with E-state index in [0.29, 0.717) is 28.0 Å². The number of carbonyl (C=O) groups excluding carboxylic acids is 2. The highest BCUT2D eigenvalue weighted by molar-refractivity contribution is 6.29. The lowest BCUT2D eigenvalue weighted by molar-refractivity contribution is 0.0976. The fourth-order valence-corrected chi connectivity index (χ4v) is 2.52. The van der Waals surface area contributed by atoms with Gasteiger partial charge in [0, 0.05) is 23.1 Å². The summed E-state index contributed by atoms with van der Waals surface area (Å²) in [5.74, 6) is 5.87. The average molecular weight is 290 g/mol. The molecule has 3 rings (SSSR count). The fraction of sp³-hybridized carbons (Fsp3) is 0.158. The summed E-state index contributed by atoms with van der Waals surface area (Å²) >= 11 is 0. The lowest BCUT2D eigenvalue weighted by Gasteiger charge is -2.19. The summed E-state index contributed by atoms with van der Waals surface area (Å²) in [5, 5.41) is 0. The smallest absolute Gasteiger partial charge is 0.198 e. The Morgan fingerprint density at radius 1 is 0.864 bits per heavy atom. The van der Waals surface area contributed by atoms with Gasteiger partial charge < -0.3 is 4.74 Å². The van der Waals surface area contributed by atoms with Crippen LogP contribution in [-0.2, 0) is 0 Å². The van der Waals surface area contributed by atoms with Gasteiger partial charge in [0.1, 0.15) is 12.4 Å². The summed E-state index contributed by atoms with van der Waals surface area (Å²) < 4.78 is 5.59. The fourth-order valence-electron chi connectivity index (χ4n) is 2.52.